The predicted molar refractivity (Wildman–Crippen MR) is 114 cm³/mol. The Morgan fingerprint density at radius 3 is 2.87 bits per heavy atom. The lowest BCUT2D eigenvalue weighted by molar-refractivity contribution is -0.247. The Hall–Kier alpha value is -1.56. The Morgan fingerprint density at radius 1 is 1.33 bits per heavy atom. The topological polar surface area (TPSA) is 62.2 Å². The molecule has 162 valence electrons. The number of phenolic OH excluding ortho intramolecular Hbond substituents is 1. The van der Waals surface area contributed by atoms with Gasteiger partial charge in [0.15, 0.2) is 11.5 Å². The van der Waals surface area contributed by atoms with Crippen LogP contribution in [0.15, 0.2) is 24.3 Å². The van der Waals surface area contributed by atoms with Gasteiger partial charge in [0.25, 0.3) is 0 Å². The smallest absolute Gasteiger partial charge is 0.165 e. The number of rotatable bonds is 4. The molecule has 0 aromatic heterocycles. The molecule has 0 radical (unpaired) electrons. The number of likely N-dealkylation sites (tertiary alicyclic amines) is 1. The molecule has 2 heterocycles. The van der Waals surface area contributed by atoms with Gasteiger partial charge in [-0.15, -0.1) is 0 Å². The van der Waals surface area contributed by atoms with Crippen LogP contribution in [0.2, 0.25) is 0 Å². The van der Waals surface area contributed by atoms with E-state index in [0.717, 1.165) is 38.6 Å². The van der Waals surface area contributed by atoms with Gasteiger partial charge >= 0.3 is 0 Å². The van der Waals surface area contributed by atoms with E-state index in [1.54, 1.807) is 13.2 Å². The minimum absolute atomic E-state index is 0.0647. The van der Waals surface area contributed by atoms with Gasteiger partial charge in [0.05, 0.1) is 11.0 Å². The minimum atomic E-state index is -0.850. The van der Waals surface area contributed by atoms with Crippen molar-refractivity contribution >= 4 is 0 Å². The number of fused-ring (bicyclic) bond motifs is 1. The summed E-state index contributed by atoms with van der Waals surface area (Å²) in [7, 11) is 4.00. The van der Waals surface area contributed by atoms with Crippen molar-refractivity contribution in [3.8, 4) is 11.5 Å². The first-order valence-electron chi connectivity index (χ1n) is 11.5. The van der Waals surface area contributed by atoms with Crippen LogP contribution in [0.1, 0.15) is 50.7 Å². The highest BCUT2D eigenvalue weighted by molar-refractivity contribution is 5.65. The third kappa shape index (κ3) is 1.80. The maximum absolute atomic E-state index is 11.7. The molecule has 1 aromatic carbocycles. The van der Waals surface area contributed by atoms with Crippen LogP contribution >= 0.6 is 0 Å². The highest BCUT2D eigenvalue weighted by Crippen LogP contribution is 2.75. The normalized spacial score (nSPS) is 44.5. The second-order valence-electron chi connectivity index (χ2n) is 10.7. The molecule has 1 saturated heterocycles. The highest BCUT2D eigenvalue weighted by atomic mass is 16.6. The third-order valence-electron chi connectivity index (χ3n) is 9.58. The summed E-state index contributed by atoms with van der Waals surface area (Å²) in [6.07, 6.45) is 8.86. The molecule has 0 amide bonds. The standard InChI is InChI=1S/C25H33NO4/c1-5-8-22(2,28)17-14-23-9-10-25(17,29-4)21-24(23)11-12-26(3)18(23)13-15-6-7-16(27)20(30-21)19(15)24/h6-7,9-10,17-18,21,27-28H,5,8,11-14H2,1-4H3/t17?,18-,21-,22+,23-,24+,25-/m1/s1. The summed E-state index contributed by atoms with van der Waals surface area (Å²) in [5.41, 5.74) is 0.625. The Kier molecular flexibility index (Phi) is 3.59. The number of nitrogens with zero attached hydrogens (tertiary/aromatic N) is 1. The Balaban J connectivity index is 1.66. The molecule has 2 N–H and O–H groups in total. The summed E-state index contributed by atoms with van der Waals surface area (Å²) in [6, 6.07) is 4.23. The van der Waals surface area contributed by atoms with Crippen LogP contribution in [-0.2, 0) is 16.6 Å². The minimum Gasteiger partial charge on any atom is -0.504 e. The lowest BCUT2D eigenvalue weighted by Crippen LogP contribution is -2.80. The monoisotopic (exact) mass is 411 g/mol. The number of hydrogen-bond donors (Lipinski definition) is 2. The van der Waals surface area contributed by atoms with E-state index in [9.17, 15) is 10.2 Å². The largest absolute Gasteiger partial charge is 0.504 e. The van der Waals surface area contributed by atoms with Crippen LogP contribution in [0.3, 0.4) is 0 Å². The van der Waals surface area contributed by atoms with Crippen molar-refractivity contribution in [2.75, 3.05) is 20.7 Å². The zero-order valence-electron chi connectivity index (χ0n) is 18.4. The van der Waals surface area contributed by atoms with E-state index >= 15 is 0 Å². The van der Waals surface area contributed by atoms with Crippen molar-refractivity contribution in [1.82, 2.24) is 4.90 Å². The van der Waals surface area contributed by atoms with Crippen molar-refractivity contribution < 1.29 is 19.7 Å². The number of hydrogen-bond acceptors (Lipinski definition) is 5. The summed E-state index contributed by atoms with van der Waals surface area (Å²) in [6.45, 7) is 5.11. The quantitative estimate of drug-likeness (QED) is 0.746. The summed E-state index contributed by atoms with van der Waals surface area (Å²) in [4.78, 5) is 2.51. The van der Waals surface area contributed by atoms with Crippen molar-refractivity contribution in [2.45, 2.75) is 74.7 Å². The zero-order valence-corrected chi connectivity index (χ0v) is 18.4. The predicted octanol–water partition coefficient (Wildman–Crippen LogP) is 3.16. The third-order valence-corrected chi connectivity index (χ3v) is 9.58. The summed E-state index contributed by atoms with van der Waals surface area (Å²) in [5.74, 6) is 0.823. The molecule has 1 saturated carbocycles. The first-order valence-corrected chi connectivity index (χ1v) is 11.5. The number of aromatic hydroxyl groups is 1. The van der Waals surface area contributed by atoms with Crippen molar-refractivity contribution in [3.63, 3.8) is 0 Å². The van der Waals surface area contributed by atoms with Gasteiger partial charge in [0.2, 0.25) is 0 Å². The molecular weight excluding hydrogens is 378 g/mol. The number of ether oxygens (including phenoxy) is 2. The van der Waals surface area contributed by atoms with Gasteiger partial charge in [-0.25, -0.2) is 0 Å². The molecule has 2 fully saturated rings. The average Bonchev–Trinajstić information content (AvgIpc) is 3.09. The number of methoxy groups -OCH3 is 1. The van der Waals surface area contributed by atoms with Gasteiger partial charge in [0.1, 0.15) is 11.7 Å². The van der Waals surface area contributed by atoms with Crippen LogP contribution in [0.5, 0.6) is 11.5 Å². The number of aliphatic hydroxyl groups is 1. The fourth-order valence-corrected chi connectivity index (χ4v) is 8.44. The molecule has 1 unspecified atom stereocenters. The van der Waals surface area contributed by atoms with E-state index < -0.39 is 11.2 Å². The first-order chi connectivity index (χ1) is 14.3. The van der Waals surface area contributed by atoms with Gasteiger partial charge in [0, 0.05) is 30.0 Å². The van der Waals surface area contributed by atoms with Crippen LogP contribution < -0.4 is 4.74 Å². The fraction of sp³-hybridized carbons (Fsp3) is 0.680. The average molecular weight is 412 g/mol. The van der Waals surface area contributed by atoms with Gasteiger partial charge in [-0.05, 0) is 57.8 Å². The molecule has 6 aliphatic rings. The summed E-state index contributed by atoms with van der Waals surface area (Å²) < 4.78 is 13.1. The maximum atomic E-state index is 11.7. The van der Waals surface area contributed by atoms with Crippen LogP contribution in [0, 0.1) is 11.3 Å². The van der Waals surface area contributed by atoms with Gasteiger partial charge < -0.3 is 24.6 Å². The number of likely N-dealkylation sites (N-methyl/N-ethyl adjacent to an activating group) is 1. The van der Waals surface area contributed by atoms with E-state index in [-0.39, 0.29) is 28.6 Å². The Bertz CT molecular complexity index is 957. The molecule has 5 nitrogen and oxygen atoms in total. The molecule has 1 aromatic rings. The summed E-state index contributed by atoms with van der Waals surface area (Å²) in [5, 5.41) is 22.4. The Morgan fingerprint density at radius 2 is 2.13 bits per heavy atom. The molecule has 4 bridgehead atoms. The molecule has 5 heteroatoms. The maximum Gasteiger partial charge on any atom is 0.165 e. The Labute approximate surface area is 178 Å². The van der Waals surface area contributed by atoms with E-state index in [4.69, 9.17) is 9.47 Å². The molecule has 7 atom stereocenters. The van der Waals surface area contributed by atoms with E-state index in [2.05, 4.69) is 37.1 Å². The van der Waals surface area contributed by atoms with E-state index in [1.165, 1.54) is 11.1 Å². The number of piperidine rings is 1. The van der Waals surface area contributed by atoms with Crippen LogP contribution in [-0.4, -0.2) is 59.2 Å². The number of phenols is 1. The summed E-state index contributed by atoms with van der Waals surface area (Å²) >= 11 is 0. The number of benzene rings is 1. The second-order valence-corrected chi connectivity index (χ2v) is 10.7. The molecule has 2 aliphatic heterocycles. The van der Waals surface area contributed by atoms with Crippen molar-refractivity contribution in [2.24, 2.45) is 11.3 Å². The van der Waals surface area contributed by atoms with Gasteiger partial charge in [-0.2, -0.15) is 0 Å². The lowest BCUT2D eigenvalue weighted by Gasteiger charge is -2.72. The van der Waals surface area contributed by atoms with Gasteiger partial charge in [-0.3, -0.25) is 0 Å². The first kappa shape index (κ1) is 19.1. The molecule has 2 spiro atoms. The fourth-order valence-electron chi connectivity index (χ4n) is 8.44. The van der Waals surface area contributed by atoms with Crippen molar-refractivity contribution in [1.29, 1.82) is 0 Å². The highest BCUT2D eigenvalue weighted by Gasteiger charge is 2.80. The molecule has 30 heavy (non-hydrogen) atoms. The van der Waals surface area contributed by atoms with E-state index in [0.29, 0.717) is 11.8 Å². The second kappa shape index (κ2) is 5.62. The van der Waals surface area contributed by atoms with Crippen LogP contribution in [0.4, 0.5) is 0 Å². The molecule has 7 rings (SSSR count). The van der Waals surface area contributed by atoms with Gasteiger partial charge in [-0.1, -0.05) is 31.6 Å². The lowest BCUT2D eigenvalue weighted by atomic mass is 9.36. The zero-order chi connectivity index (χ0) is 21.1. The van der Waals surface area contributed by atoms with E-state index in [1.807, 2.05) is 6.92 Å². The molecule has 4 aliphatic carbocycles. The SMILES string of the molecule is CCC[C@](C)(O)C1C[C@@]23C=C[C@]1(OC)[C@@H]1Oc4c(O)ccc5c4[C@@]12CCN(C)[C@@H]3C5. The van der Waals surface area contributed by atoms with Crippen molar-refractivity contribution in [3.05, 3.63) is 35.4 Å². The van der Waals surface area contributed by atoms with Crippen LogP contribution in [0.25, 0.3) is 0 Å². The molecular formula is C25H33NO4.